The molecule has 4 aromatic heterocycles. The summed E-state index contributed by atoms with van der Waals surface area (Å²) in [5, 5.41) is 10.4. The summed E-state index contributed by atoms with van der Waals surface area (Å²) < 4.78 is 4.30. The van der Waals surface area contributed by atoms with E-state index in [0.717, 1.165) is 32.4 Å². The van der Waals surface area contributed by atoms with Gasteiger partial charge in [0.25, 0.3) is 5.56 Å². The van der Waals surface area contributed by atoms with Crippen LogP contribution in [0.1, 0.15) is 18.2 Å². The first kappa shape index (κ1) is 22.8. The predicted molar refractivity (Wildman–Crippen MR) is 146 cm³/mol. The van der Waals surface area contributed by atoms with Gasteiger partial charge in [-0.3, -0.25) is 9.59 Å². The van der Waals surface area contributed by atoms with E-state index in [1.807, 2.05) is 49.4 Å². The maximum Gasteiger partial charge on any atom is 0.258 e. The number of nitrogen functional groups attached to an aromatic ring is 1. The van der Waals surface area contributed by atoms with Gasteiger partial charge in [0.1, 0.15) is 17.8 Å². The minimum Gasteiger partial charge on any atom is -0.383 e. The molecule has 0 spiro atoms. The molecule has 0 saturated heterocycles. The van der Waals surface area contributed by atoms with E-state index in [1.165, 1.54) is 24.6 Å². The summed E-state index contributed by atoms with van der Waals surface area (Å²) in [4.78, 5) is 37.7. The molecule has 0 fully saturated rings. The van der Waals surface area contributed by atoms with Crippen LogP contribution in [0.25, 0.3) is 43.3 Å². The number of rotatable bonds is 4. The van der Waals surface area contributed by atoms with Gasteiger partial charge >= 0.3 is 0 Å². The van der Waals surface area contributed by atoms with E-state index in [1.54, 1.807) is 16.3 Å². The molecule has 10 nitrogen and oxygen atoms in total. The fraction of sp³-hybridized carbons (Fsp3) is 0.154. The van der Waals surface area contributed by atoms with E-state index in [0.29, 0.717) is 39.6 Å². The van der Waals surface area contributed by atoms with Gasteiger partial charge in [-0.05, 0) is 36.1 Å². The molecule has 0 aliphatic heterocycles. The summed E-state index contributed by atoms with van der Waals surface area (Å²) in [6.07, 6.45) is 1.41. The first-order valence-corrected chi connectivity index (χ1v) is 12.4. The number of nitrogens with two attached hydrogens (primary N) is 1. The molecule has 6 rings (SSSR count). The van der Waals surface area contributed by atoms with Crippen molar-refractivity contribution in [1.82, 2.24) is 29.3 Å². The highest BCUT2D eigenvalue weighted by Crippen LogP contribution is 2.34. The smallest absolute Gasteiger partial charge is 0.258 e. The number of nitrogens with one attached hydrogen (secondary N) is 1. The van der Waals surface area contributed by atoms with E-state index in [-0.39, 0.29) is 11.5 Å². The zero-order valence-electron chi connectivity index (χ0n) is 20.3. The van der Waals surface area contributed by atoms with Crippen LogP contribution < -0.4 is 16.6 Å². The summed E-state index contributed by atoms with van der Waals surface area (Å²) in [5.74, 6) is 0.143. The average Bonchev–Trinajstić information content (AvgIpc) is 3.43. The number of pyridine rings is 1. The van der Waals surface area contributed by atoms with Crippen LogP contribution in [0.15, 0.2) is 53.6 Å². The largest absolute Gasteiger partial charge is 0.383 e. The van der Waals surface area contributed by atoms with Gasteiger partial charge in [0.2, 0.25) is 5.91 Å². The monoisotopic (exact) mass is 510 g/mol. The van der Waals surface area contributed by atoms with Gasteiger partial charge in [-0.15, -0.1) is 0 Å². The lowest BCUT2D eigenvalue weighted by molar-refractivity contribution is -0.114. The molecule has 0 unspecified atom stereocenters. The van der Waals surface area contributed by atoms with Crippen molar-refractivity contribution in [3.8, 4) is 11.3 Å². The summed E-state index contributed by atoms with van der Waals surface area (Å²) >= 11 is 1.38. The molecule has 37 heavy (non-hydrogen) atoms. The number of hydrogen-bond acceptors (Lipinski definition) is 8. The van der Waals surface area contributed by atoms with Crippen molar-refractivity contribution in [2.75, 3.05) is 11.1 Å². The van der Waals surface area contributed by atoms with Crippen molar-refractivity contribution in [2.45, 2.75) is 20.4 Å². The molecule has 2 aromatic carbocycles. The molecule has 1 amide bonds. The highest BCUT2D eigenvalue weighted by atomic mass is 32.1. The molecule has 6 aromatic rings. The second-order valence-corrected chi connectivity index (χ2v) is 9.92. The number of carbonyl (C=O) groups is 1. The second kappa shape index (κ2) is 8.49. The SMILES string of the molecule is CC(=O)Nc1nc2ccc(-c3nn(Cc4cc5cccc(C)c5c(=O)n4C)c4ncnc(N)c34)cc2s1. The molecule has 3 N–H and O–H groups in total. The Hall–Kier alpha value is -4.64. The Bertz CT molecular complexity index is 1940. The topological polar surface area (TPSA) is 134 Å². The van der Waals surface area contributed by atoms with E-state index < -0.39 is 0 Å². The number of fused-ring (bicyclic) bond motifs is 3. The van der Waals surface area contributed by atoms with Gasteiger partial charge in [-0.1, -0.05) is 35.6 Å². The Morgan fingerprint density at radius 1 is 1.14 bits per heavy atom. The van der Waals surface area contributed by atoms with Crippen LogP contribution in [0, 0.1) is 6.92 Å². The Morgan fingerprint density at radius 3 is 2.78 bits per heavy atom. The van der Waals surface area contributed by atoms with Gasteiger partial charge in [0, 0.05) is 25.2 Å². The van der Waals surface area contributed by atoms with Gasteiger partial charge in [0.05, 0.1) is 27.5 Å². The second-order valence-electron chi connectivity index (χ2n) is 8.89. The zero-order valence-corrected chi connectivity index (χ0v) is 21.1. The molecule has 0 aliphatic rings. The van der Waals surface area contributed by atoms with E-state index in [2.05, 4.69) is 20.3 Å². The fourth-order valence-electron chi connectivity index (χ4n) is 4.60. The molecule has 0 aliphatic carbocycles. The molecule has 0 saturated carbocycles. The number of thiazole rings is 1. The number of hydrogen-bond donors (Lipinski definition) is 2. The number of anilines is 2. The average molecular weight is 511 g/mol. The third-order valence-corrected chi connectivity index (χ3v) is 7.33. The maximum absolute atomic E-state index is 13.2. The Kier molecular flexibility index (Phi) is 5.23. The van der Waals surface area contributed by atoms with Gasteiger partial charge in [-0.2, -0.15) is 5.10 Å². The van der Waals surface area contributed by atoms with Crippen molar-refractivity contribution in [3.63, 3.8) is 0 Å². The fourth-order valence-corrected chi connectivity index (χ4v) is 5.55. The molecule has 4 heterocycles. The van der Waals surface area contributed by atoms with E-state index in [9.17, 15) is 9.59 Å². The van der Waals surface area contributed by atoms with Gasteiger partial charge < -0.3 is 15.6 Å². The van der Waals surface area contributed by atoms with Crippen LogP contribution in [-0.2, 0) is 18.4 Å². The maximum atomic E-state index is 13.2. The van der Waals surface area contributed by atoms with Crippen LogP contribution >= 0.6 is 11.3 Å². The third-order valence-electron chi connectivity index (χ3n) is 6.39. The molecule has 0 bridgehead atoms. The molecule has 0 atom stereocenters. The summed E-state index contributed by atoms with van der Waals surface area (Å²) in [6, 6.07) is 13.6. The van der Waals surface area contributed by atoms with Crippen LogP contribution in [0.3, 0.4) is 0 Å². The lowest BCUT2D eigenvalue weighted by Gasteiger charge is -2.12. The highest BCUT2D eigenvalue weighted by Gasteiger charge is 2.19. The Balaban J connectivity index is 1.49. The van der Waals surface area contributed by atoms with Crippen LogP contribution in [0.5, 0.6) is 0 Å². The minimum atomic E-state index is -0.174. The van der Waals surface area contributed by atoms with Crippen molar-refractivity contribution in [1.29, 1.82) is 0 Å². The molecule has 0 radical (unpaired) electrons. The zero-order chi connectivity index (χ0) is 25.8. The lowest BCUT2D eigenvalue weighted by atomic mass is 10.1. The highest BCUT2D eigenvalue weighted by molar-refractivity contribution is 7.22. The normalized spacial score (nSPS) is 11.5. The standard InChI is InChI=1S/C26H22N8O2S/c1-13-5-4-6-15-9-17(33(3)25(36)20(13)15)11-34-24-21(23(27)28-12-29-24)22(32-34)16-7-8-18-19(10-16)37-26(31-18)30-14(2)35/h4-10,12H,11H2,1-3H3,(H2,27,28,29)(H,30,31,35). The van der Waals surface area contributed by atoms with Crippen LogP contribution in [0.2, 0.25) is 0 Å². The number of benzene rings is 2. The van der Waals surface area contributed by atoms with E-state index in [4.69, 9.17) is 10.8 Å². The van der Waals surface area contributed by atoms with Crippen molar-refractivity contribution >= 4 is 60.2 Å². The summed E-state index contributed by atoms with van der Waals surface area (Å²) in [6.45, 7) is 3.71. The molecule has 184 valence electrons. The van der Waals surface area contributed by atoms with Crippen molar-refractivity contribution in [2.24, 2.45) is 7.05 Å². The van der Waals surface area contributed by atoms with E-state index >= 15 is 0 Å². The molecular weight excluding hydrogens is 488 g/mol. The molecular formula is C26H22N8O2S. The van der Waals surface area contributed by atoms with Crippen LogP contribution in [-0.4, -0.2) is 35.2 Å². The molecule has 11 heteroatoms. The Morgan fingerprint density at radius 2 is 1.97 bits per heavy atom. The predicted octanol–water partition coefficient (Wildman–Crippen LogP) is 3.85. The number of carbonyl (C=O) groups excluding carboxylic acids is 1. The lowest BCUT2D eigenvalue weighted by Crippen LogP contribution is -2.23. The Labute approximate surface area is 214 Å². The van der Waals surface area contributed by atoms with Crippen LogP contribution in [0.4, 0.5) is 10.9 Å². The van der Waals surface area contributed by atoms with Crippen molar-refractivity contribution < 1.29 is 4.79 Å². The number of nitrogens with zero attached hydrogens (tertiary/aromatic N) is 6. The van der Waals surface area contributed by atoms with Gasteiger partial charge in [-0.25, -0.2) is 19.6 Å². The number of amides is 1. The first-order valence-electron chi connectivity index (χ1n) is 11.5. The quantitative estimate of drug-likeness (QED) is 0.368. The number of aryl methyl sites for hydroxylation is 1. The number of aromatic nitrogens is 6. The third kappa shape index (κ3) is 3.80. The summed E-state index contributed by atoms with van der Waals surface area (Å²) in [5.41, 5.74) is 10.8. The summed E-state index contributed by atoms with van der Waals surface area (Å²) in [7, 11) is 1.77. The minimum absolute atomic E-state index is 0.0537. The van der Waals surface area contributed by atoms with Gasteiger partial charge in [0.15, 0.2) is 10.8 Å². The van der Waals surface area contributed by atoms with Crippen molar-refractivity contribution in [3.05, 3.63) is 70.4 Å². The first-order chi connectivity index (χ1) is 17.8.